The zero-order chi connectivity index (χ0) is 14.1. The van der Waals surface area contributed by atoms with E-state index in [0.717, 1.165) is 45.3 Å². The van der Waals surface area contributed by atoms with Crippen molar-refractivity contribution < 1.29 is 4.74 Å². The van der Waals surface area contributed by atoms with Crippen LogP contribution in [0.3, 0.4) is 0 Å². The second-order valence-electron chi connectivity index (χ2n) is 5.22. The van der Waals surface area contributed by atoms with Crippen LogP contribution in [-0.4, -0.2) is 75.3 Å². The third-order valence-corrected chi connectivity index (χ3v) is 3.33. The highest BCUT2D eigenvalue weighted by molar-refractivity contribution is 5.79. The summed E-state index contributed by atoms with van der Waals surface area (Å²) in [6, 6.07) is 0. The predicted molar refractivity (Wildman–Crippen MR) is 80.8 cm³/mol. The van der Waals surface area contributed by atoms with E-state index in [9.17, 15) is 0 Å². The Hall–Kier alpha value is -0.810. The Kier molecular flexibility index (Phi) is 7.82. The number of nitrogens with zero attached hydrogens (tertiary/aromatic N) is 3. The number of aliphatic imine (C=N–C) groups is 1. The smallest absolute Gasteiger partial charge is 0.193 e. The average molecular weight is 270 g/mol. The number of hydrogen-bond acceptors (Lipinski definition) is 3. The number of likely N-dealkylation sites (N-methyl/N-ethyl adjacent to an activating group) is 1. The fourth-order valence-corrected chi connectivity index (χ4v) is 2.14. The Bertz CT molecular complexity index is 270. The first kappa shape index (κ1) is 16.2. The third-order valence-electron chi connectivity index (χ3n) is 3.33. The molecule has 0 spiro atoms. The van der Waals surface area contributed by atoms with Crippen LogP contribution in [0.2, 0.25) is 0 Å². The number of morpholine rings is 1. The molecule has 0 aromatic rings. The minimum atomic E-state index is 0.229. The van der Waals surface area contributed by atoms with Crippen LogP contribution in [-0.2, 0) is 4.74 Å². The molecule has 1 rings (SSSR count). The van der Waals surface area contributed by atoms with Crippen molar-refractivity contribution in [2.24, 2.45) is 4.99 Å². The van der Waals surface area contributed by atoms with E-state index in [4.69, 9.17) is 9.73 Å². The van der Waals surface area contributed by atoms with E-state index in [-0.39, 0.29) is 6.10 Å². The first-order valence-electron chi connectivity index (χ1n) is 7.47. The van der Waals surface area contributed by atoms with Crippen molar-refractivity contribution >= 4 is 5.96 Å². The van der Waals surface area contributed by atoms with Crippen LogP contribution in [0.5, 0.6) is 0 Å². The summed E-state index contributed by atoms with van der Waals surface area (Å²) in [6.07, 6.45) is 2.64. The highest BCUT2D eigenvalue weighted by Gasteiger charge is 2.17. The molecule has 1 unspecified atom stereocenters. The molecule has 19 heavy (non-hydrogen) atoms. The number of hydrogen-bond donors (Lipinski definition) is 1. The summed E-state index contributed by atoms with van der Waals surface area (Å²) in [4.78, 5) is 9.22. The quantitative estimate of drug-likeness (QED) is 0.578. The molecule has 1 fully saturated rings. The van der Waals surface area contributed by atoms with E-state index in [1.54, 1.807) is 0 Å². The summed E-state index contributed by atoms with van der Waals surface area (Å²) in [5.74, 6) is 0.993. The molecule has 1 aliphatic rings. The van der Waals surface area contributed by atoms with Gasteiger partial charge in [0, 0.05) is 33.2 Å². The zero-order valence-corrected chi connectivity index (χ0v) is 13.0. The van der Waals surface area contributed by atoms with Gasteiger partial charge in [0.05, 0.1) is 19.3 Å². The van der Waals surface area contributed by atoms with Crippen LogP contribution >= 0.6 is 0 Å². The fraction of sp³-hybridized carbons (Fsp3) is 0.929. The summed E-state index contributed by atoms with van der Waals surface area (Å²) < 4.78 is 5.74. The molecule has 1 heterocycles. The minimum Gasteiger partial charge on any atom is -0.374 e. The molecule has 0 amide bonds. The predicted octanol–water partition coefficient (Wildman–Crippen LogP) is 1.01. The lowest BCUT2D eigenvalue weighted by molar-refractivity contribution is -0.0137. The van der Waals surface area contributed by atoms with Gasteiger partial charge < -0.3 is 19.9 Å². The average Bonchev–Trinajstić information content (AvgIpc) is 2.41. The molecular weight excluding hydrogens is 240 g/mol. The van der Waals surface area contributed by atoms with Gasteiger partial charge in [0.25, 0.3) is 0 Å². The number of guanidine groups is 1. The largest absolute Gasteiger partial charge is 0.374 e. The molecule has 0 aromatic carbocycles. The summed E-state index contributed by atoms with van der Waals surface area (Å²) in [6.45, 7) is 9.83. The minimum absolute atomic E-state index is 0.229. The lowest BCUT2D eigenvalue weighted by atomic mass is 10.3. The topological polar surface area (TPSA) is 40.1 Å². The van der Waals surface area contributed by atoms with Gasteiger partial charge in [0.15, 0.2) is 5.96 Å². The van der Waals surface area contributed by atoms with Gasteiger partial charge in [-0.1, -0.05) is 13.3 Å². The van der Waals surface area contributed by atoms with Crippen molar-refractivity contribution in [2.75, 3.05) is 53.4 Å². The zero-order valence-electron chi connectivity index (χ0n) is 13.0. The molecule has 5 nitrogen and oxygen atoms in total. The van der Waals surface area contributed by atoms with Crippen LogP contribution < -0.4 is 5.32 Å². The van der Waals surface area contributed by atoms with Crippen LogP contribution in [0, 0.1) is 0 Å². The molecule has 1 N–H and O–H groups in total. The Morgan fingerprint density at radius 3 is 2.89 bits per heavy atom. The van der Waals surface area contributed by atoms with Gasteiger partial charge in [-0.15, -0.1) is 0 Å². The number of ether oxygens (including phenoxy) is 1. The fourth-order valence-electron chi connectivity index (χ4n) is 2.14. The maximum Gasteiger partial charge on any atom is 0.193 e. The van der Waals surface area contributed by atoms with Gasteiger partial charge in [0.2, 0.25) is 0 Å². The van der Waals surface area contributed by atoms with E-state index < -0.39 is 0 Å². The van der Waals surface area contributed by atoms with Gasteiger partial charge >= 0.3 is 0 Å². The molecule has 112 valence electrons. The standard InChI is InChI=1S/C14H30N4O/c1-5-7-8-18(4)14(15-6-2)16-11-13-12-17(3)9-10-19-13/h13H,5-12H2,1-4H3,(H,15,16). The van der Waals surface area contributed by atoms with Crippen LogP contribution in [0.1, 0.15) is 26.7 Å². The molecule has 0 aliphatic carbocycles. The van der Waals surface area contributed by atoms with Gasteiger partial charge in [-0.3, -0.25) is 4.99 Å². The highest BCUT2D eigenvalue weighted by atomic mass is 16.5. The first-order valence-corrected chi connectivity index (χ1v) is 7.47. The molecule has 1 aliphatic heterocycles. The highest BCUT2D eigenvalue weighted by Crippen LogP contribution is 2.03. The summed E-state index contributed by atoms with van der Waals surface area (Å²) in [5.41, 5.74) is 0. The normalized spacial score (nSPS) is 21.5. The molecule has 5 heteroatoms. The van der Waals surface area contributed by atoms with Crippen molar-refractivity contribution in [1.29, 1.82) is 0 Å². The molecule has 0 radical (unpaired) electrons. The summed E-state index contributed by atoms with van der Waals surface area (Å²) >= 11 is 0. The molecule has 1 saturated heterocycles. The van der Waals surface area contributed by atoms with Crippen LogP contribution in [0.4, 0.5) is 0 Å². The van der Waals surface area contributed by atoms with Crippen molar-refractivity contribution in [2.45, 2.75) is 32.8 Å². The van der Waals surface area contributed by atoms with Gasteiger partial charge in [-0.25, -0.2) is 0 Å². The van der Waals surface area contributed by atoms with Crippen LogP contribution in [0.15, 0.2) is 4.99 Å². The van der Waals surface area contributed by atoms with Gasteiger partial charge in [0.1, 0.15) is 0 Å². The maximum absolute atomic E-state index is 5.74. The second kappa shape index (κ2) is 9.15. The number of unbranched alkanes of at least 4 members (excludes halogenated alkanes) is 1. The Balaban J connectivity index is 2.46. The van der Waals surface area contributed by atoms with Crippen molar-refractivity contribution in [3.8, 4) is 0 Å². The van der Waals surface area contributed by atoms with E-state index >= 15 is 0 Å². The van der Waals surface area contributed by atoms with Gasteiger partial charge in [-0.05, 0) is 20.4 Å². The molecule has 0 saturated carbocycles. The van der Waals surface area contributed by atoms with Gasteiger partial charge in [-0.2, -0.15) is 0 Å². The molecule has 0 bridgehead atoms. The number of rotatable bonds is 6. The maximum atomic E-state index is 5.74. The molecular formula is C14H30N4O. The van der Waals surface area contributed by atoms with Crippen molar-refractivity contribution in [3.05, 3.63) is 0 Å². The molecule has 0 aromatic heterocycles. The van der Waals surface area contributed by atoms with Crippen LogP contribution in [0.25, 0.3) is 0 Å². The SMILES string of the molecule is CCCCN(C)C(=NCC1CN(C)CCO1)NCC. The Morgan fingerprint density at radius 1 is 1.47 bits per heavy atom. The van der Waals surface area contributed by atoms with E-state index in [1.165, 1.54) is 12.8 Å². The van der Waals surface area contributed by atoms with Crippen molar-refractivity contribution in [1.82, 2.24) is 15.1 Å². The monoisotopic (exact) mass is 270 g/mol. The number of nitrogens with one attached hydrogen (secondary N) is 1. The summed E-state index contributed by atoms with van der Waals surface area (Å²) in [7, 11) is 4.24. The summed E-state index contributed by atoms with van der Waals surface area (Å²) in [5, 5.41) is 3.35. The lowest BCUT2D eigenvalue weighted by Crippen LogP contribution is -2.43. The molecule has 1 atom stereocenters. The van der Waals surface area contributed by atoms with E-state index in [0.29, 0.717) is 0 Å². The first-order chi connectivity index (χ1) is 9.17. The van der Waals surface area contributed by atoms with Crippen molar-refractivity contribution in [3.63, 3.8) is 0 Å². The van der Waals surface area contributed by atoms with E-state index in [2.05, 4.69) is 43.1 Å². The Morgan fingerprint density at radius 2 is 2.26 bits per heavy atom. The van der Waals surface area contributed by atoms with E-state index in [1.807, 2.05) is 0 Å². The third kappa shape index (κ3) is 6.25. The second-order valence-corrected chi connectivity index (χ2v) is 5.22. The Labute approximate surface area is 118 Å². The lowest BCUT2D eigenvalue weighted by Gasteiger charge is -2.29.